The van der Waals surface area contributed by atoms with Gasteiger partial charge in [0.2, 0.25) is 5.43 Å². The summed E-state index contributed by atoms with van der Waals surface area (Å²) in [4.78, 5) is 28.4. The molecule has 148 valence electrons. The third-order valence-corrected chi connectivity index (χ3v) is 5.17. The summed E-state index contributed by atoms with van der Waals surface area (Å²) in [6.07, 6.45) is 1.23. The lowest BCUT2D eigenvalue weighted by Crippen LogP contribution is -2.28. The number of fused-ring (bicyclic) bond motifs is 1. The smallest absolute Gasteiger partial charge is 0.257 e. The highest BCUT2D eigenvalue weighted by molar-refractivity contribution is 8.93. The Labute approximate surface area is 180 Å². The van der Waals surface area contributed by atoms with Crippen LogP contribution in [0.1, 0.15) is 15.9 Å². The number of pyridine rings is 1. The standard InChI is InChI=1S/C19H17ClFN3O2S.BrH/c20-12-3-1-11(2-4-12)9-24-19(26)15-10-23-17-14(18(15)25)7-13(8-16(17)21)27-6-5-22;/h1-4,7-8,10H,5-6,9,22H2,(H,23,25)(H,24,26);1H. The van der Waals surface area contributed by atoms with Gasteiger partial charge in [0, 0.05) is 35.0 Å². The number of hydrogen-bond donors (Lipinski definition) is 3. The Morgan fingerprint density at radius 2 is 1.96 bits per heavy atom. The van der Waals surface area contributed by atoms with Crippen LogP contribution in [0.5, 0.6) is 0 Å². The Morgan fingerprint density at radius 3 is 2.64 bits per heavy atom. The number of nitrogens with two attached hydrogens (primary N) is 1. The van der Waals surface area contributed by atoms with Crippen LogP contribution in [0.4, 0.5) is 4.39 Å². The molecule has 0 unspecified atom stereocenters. The number of benzene rings is 2. The summed E-state index contributed by atoms with van der Waals surface area (Å²) in [6.45, 7) is 0.683. The summed E-state index contributed by atoms with van der Waals surface area (Å²) in [5.41, 5.74) is 5.79. The summed E-state index contributed by atoms with van der Waals surface area (Å²) in [7, 11) is 0. The van der Waals surface area contributed by atoms with Crippen LogP contribution in [-0.2, 0) is 6.54 Å². The normalized spacial score (nSPS) is 10.5. The molecule has 0 bridgehead atoms. The Hall–Kier alpha value is -1.87. The zero-order valence-corrected chi connectivity index (χ0v) is 17.9. The lowest BCUT2D eigenvalue weighted by atomic mass is 10.1. The van der Waals surface area contributed by atoms with Crippen LogP contribution in [0, 0.1) is 5.82 Å². The number of aromatic nitrogens is 1. The molecule has 0 aliphatic heterocycles. The molecule has 5 nitrogen and oxygen atoms in total. The minimum atomic E-state index is -0.544. The number of carbonyl (C=O) groups is 1. The van der Waals surface area contributed by atoms with Crippen molar-refractivity contribution in [2.24, 2.45) is 5.73 Å². The van der Waals surface area contributed by atoms with E-state index in [2.05, 4.69) is 10.3 Å². The molecule has 1 amide bonds. The van der Waals surface area contributed by atoms with Crippen LogP contribution >= 0.6 is 40.3 Å². The van der Waals surface area contributed by atoms with Gasteiger partial charge < -0.3 is 16.0 Å². The van der Waals surface area contributed by atoms with Crippen molar-refractivity contribution < 1.29 is 9.18 Å². The second kappa shape index (κ2) is 10.1. The maximum Gasteiger partial charge on any atom is 0.257 e. The fourth-order valence-electron chi connectivity index (χ4n) is 2.57. The van der Waals surface area contributed by atoms with Crippen LogP contribution in [0.3, 0.4) is 0 Å². The van der Waals surface area contributed by atoms with Gasteiger partial charge in [0.1, 0.15) is 11.4 Å². The number of rotatable bonds is 6. The molecule has 0 aliphatic rings. The Kier molecular flexibility index (Phi) is 8.06. The van der Waals surface area contributed by atoms with Crippen molar-refractivity contribution in [3.8, 4) is 0 Å². The van der Waals surface area contributed by atoms with Crippen LogP contribution < -0.4 is 16.5 Å². The predicted octanol–water partition coefficient (Wildman–Crippen LogP) is 3.88. The first-order valence-electron chi connectivity index (χ1n) is 8.20. The van der Waals surface area contributed by atoms with E-state index in [1.165, 1.54) is 24.0 Å². The van der Waals surface area contributed by atoms with Gasteiger partial charge in [-0.2, -0.15) is 0 Å². The number of aromatic amines is 1. The fourth-order valence-corrected chi connectivity index (χ4v) is 3.44. The Morgan fingerprint density at radius 1 is 1.25 bits per heavy atom. The van der Waals surface area contributed by atoms with Gasteiger partial charge in [-0.05, 0) is 29.8 Å². The average Bonchev–Trinajstić information content (AvgIpc) is 2.66. The summed E-state index contributed by atoms with van der Waals surface area (Å²) in [5, 5.41) is 3.42. The van der Waals surface area contributed by atoms with Crippen molar-refractivity contribution in [2.75, 3.05) is 12.3 Å². The monoisotopic (exact) mass is 485 g/mol. The molecule has 3 aromatic rings. The van der Waals surface area contributed by atoms with Crippen molar-refractivity contribution in [2.45, 2.75) is 11.4 Å². The number of H-pyrrole nitrogens is 1. The van der Waals surface area contributed by atoms with Crippen LogP contribution in [0.15, 0.2) is 52.3 Å². The lowest BCUT2D eigenvalue weighted by molar-refractivity contribution is 0.0949. The SMILES string of the molecule is Br.NCCSc1cc(F)c2[nH]cc(C(=O)NCc3ccc(Cl)cc3)c(=O)c2c1. The number of thioether (sulfide) groups is 1. The van der Waals surface area contributed by atoms with E-state index in [-0.39, 0.29) is 40.0 Å². The van der Waals surface area contributed by atoms with Gasteiger partial charge in [-0.15, -0.1) is 28.7 Å². The third kappa shape index (κ3) is 5.14. The molecular weight excluding hydrogens is 469 g/mol. The molecule has 0 saturated carbocycles. The largest absolute Gasteiger partial charge is 0.358 e. The summed E-state index contributed by atoms with van der Waals surface area (Å²) in [5.74, 6) is -0.477. The number of halogens is 3. The van der Waals surface area contributed by atoms with Gasteiger partial charge >= 0.3 is 0 Å². The topological polar surface area (TPSA) is 88.0 Å². The van der Waals surface area contributed by atoms with Crippen LogP contribution in [0.25, 0.3) is 10.9 Å². The summed E-state index contributed by atoms with van der Waals surface area (Å²) >= 11 is 7.18. The van der Waals surface area contributed by atoms with Gasteiger partial charge in [0.15, 0.2) is 0 Å². The van der Waals surface area contributed by atoms with Crippen molar-refractivity contribution in [3.63, 3.8) is 0 Å². The number of carbonyl (C=O) groups excluding carboxylic acids is 1. The first-order valence-corrected chi connectivity index (χ1v) is 9.56. The molecule has 9 heteroatoms. The maximum atomic E-state index is 14.3. The molecule has 0 saturated heterocycles. The van der Waals surface area contributed by atoms with E-state index in [9.17, 15) is 14.0 Å². The van der Waals surface area contributed by atoms with Gasteiger partial charge in [-0.25, -0.2) is 4.39 Å². The molecule has 0 fully saturated rings. The minimum absolute atomic E-state index is 0. The molecule has 0 spiro atoms. The highest BCUT2D eigenvalue weighted by Crippen LogP contribution is 2.23. The van der Waals surface area contributed by atoms with E-state index in [0.717, 1.165) is 5.56 Å². The molecule has 0 aliphatic carbocycles. The number of amides is 1. The van der Waals surface area contributed by atoms with Crippen molar-refractivity contribution in [1.29, 1.82) is 0 Å². The molecule has 1 aromatic heterocycles. The van der Waals surface area contributed by atoms with Crippen molar-refractivity contribution in [1.82, 2.24) is 10.3 Å². The first kappa shape index (κ1) is 22.4. The van der Waals surface area contributed by atoms with Crippen LogP contribution in [-0.4, -0.2) is 23.2 Å². The van der Waals surface area contributed by atoms with E-state index >= 15 is 0 Å². The fraction of sp³-hybridized carbons (Fsp3) is 0.158. The number of nitrogens with one attached hydrogen (secondary N) is 2. The average molecular weight is 487 g/mol. The Bertz CT molecular complexity index is 1040. The Balaban J connectivity index is 0.00000280. The molecule has 0 atom stereocenters. The molecule has 1 heterocycles. The van der Waals surface area contributed by atoms with E-state index in [1.54, 1.807) is 30.3 Å². The molecule has 0 radical (unpaired) electrons. The minimum Gasteiger partial charge on any atom is -0.358 e. The van der Waals surface area contributed by atoms with Crippen LogP contribution in [0.2, 0.25) is 5.02 Å². The molecular formula is C19H18BrClFN3O2S. The highest BCUT2D eigenvalue weighted by atomic mass is 79.9. The summed E-state index contributed by atoms with van der Waals surface area (Å²) < 4.78 is 14.3. The molecule has 2 aromatic carbocycles. The lowest BCUT2D eigenvalue weighted by Gasteiger charge is -2.08. The van der Waals surface area contributed by atoms with Gasteiger partial charge in [0.25, 0.3) is 5.91 Å². The third-order valence-electron chi connectivity index (χ3n) is 3.91. The first-order chi connectivity index (χ1) is 13.0. The second-order valence-electron chi connectivity index (χ2n) is 5.81. The highest BCUT2D eigenvalue weighted by Gasteiger charge is 2.15. The van der Waals surface area contributed by atoms with Crippen molar-refractivity contribution >= 4 is 57.2 Å². The predicted molar refractivity (Wildman–Crippen MR) is 117 cm³/mol. The number of hydrogen-bond acceptors (Lipinski definition) is 4. The quantitative estimate of drug-likeness (QED) is 0.462. The maximum absolute atomic E-state index is 14.3. The van der Waals surface area contributed by atoms with Gasteiger partial charge in [-0.1, -0.05) is 23.7 Å². The summed E-state index contributed by atoms with van der Waals surface area (Å²) in [6, 6.07) is 9.92. The van der Waals surface area contributed by atoms with Gasteiger partial charge in [-0.3, -0.25) is 9.59 Å². The zero-order chi connectivity index (χ0) is 19.4. The molecule has 3 rings (SSSR count). The van der Waals surface area contributed by atoms with Gasteiger partial charge in [0.05, 0.1) is 10.9 Å². The van der Waals surface area contributed by atoms with E-state index < -0.39 is 17.2 Å². The zero-order valence-electron chi connectivity index (χ0n) is 14.6. The molecule has 4 N–H and O–H groups in total. The van der Waals surface area contributed by atoms with E-state index in [0.29, 0.717) is 22.2 Å². The van der Waals surface area contributed by atoms with E-state index in [1.807, 2.05) is 0 Å². The van der Waals surface area contributed by atoms with Crippen molar-refractivity contribution in [3.05, 3.63) is 74.8 Å². The molecule has 28 heavy (non-hydrogen) atoms. The van der Waals surface area contributed by atoms with E-state index in [4.69, 9.17) is 17.3 Å². The second-order valence-corrected chi connectivity index (χ2v) is 7.41.